The van der Waals surface area contributed by atoms with Gasteiger partial charge in [-0.25, -0.2) is 0 Å². The molecule has 2 unspecified atom stereocenters. The summed E-state index contributed by atoms with van der Waals surface area (Å²) in [5.74, 6) is 0.526. The van der Waals surface area contributed by atoms with Crippen molar-refractivity contribution < 1.29 is 14.2 Å². The summed E-state index contributed by atoms with van der Waals surface area (Å²) in [6.07, 6.45) is 1.70. The van der Waals surface area contributed by atoms with E-state index in [1.165, 1.54) is 0 Å². The molecule has 0 aromatic rings. The molecule has 0 aliphatic rings. The maximum atomic E-state index is 8.33. The molecular weight excluding hydrogens is 258 g/mol. The molecule has 0 fully saturated rings. The zero-order chi connectivity index (χ0) is 15.2. The molecule has 0 aromatic carbocycles. The number of nitrogens with zero attached hydrogens (tertiary/aromatic N) is 3. The lowest BCUT2D eigenvalue weighted by Crippen LogP contribution is -2.24. The minimum absolute atomic E-state index is 0.0446. The Hall–Kier alpha value is -0.810. The van der Waals surface area contributed by atoms with Gasteiger partial charge in [-0.3, -0.25) is 0 Å². The van der Waals surface area contributed by atoms with Crippen LogP contribution < -0.4 is 0 Å². The summed E-state index contributed by atoms with van der Waals surface area (Å²) in [5, 5.41) is 3.57. The standard InChI is InChI=1S/C14H29N3O3/c1-5-18-8-9-19-14(6-7-16-17-15)10-13(4)20-11-12(2)3/h12-14H,5-11H2,1-4H3. The Kier molecular flexibility index (Phi) is 12.7. The third-order valence-corrected chi connectivity index (χ3v) is 2.71. The molecule has 6 nitrogen and oxygen atoms in total. The zero-order valence-electron chi connectivity index (χ0n) is 13.2. The van der Waals surface area contributed by atoms with E-state index in [0.717, 1.165) is 13.0 Å². The number of rotatable bonds is 13. The fourth-order valence-corrected chi connectivity index (χ4v) is 1.73. The van der Waals surface area contributed by atoms with Gasteiger partial charge in [0.05, 0.1) is 25.4 Å². The molecule has 20 heavy (non-hydrogen) atoms. The van der Waals surface area contributed by atoms with Gasteiger partial charge in [-0.05, 0) is 38.1 Å². The summed E-state index contributed by atoms with van der Waals surface area (Å²) in [7, 11) is 0. The van der Waals surface area contributed by atoms with Gasteiger partial charge < -0.3 is 14.2 Å². The topological polar surface area (TPSA) is 76.5 Å². The van der Waals surface area contributed by atoms with Crippen molar-refractivity contribution in [3.8, 4) is 0 Å². The Labute approximate surface area is 122 Å². The molecule has 0 saturated carbocycles. The molecular formula is C14H29N3O3. The van der Waals surface area contributed by atoms with Crippen LogP contribution >= 0.6 is 0 Å². The van der Waals surface area contributed by atoms with Crippen LogP contribution in [0.25, 0.3) is 10.4 Å². The van der Waals surface area contributed by atoms with E-state index >= 15 is 0 Å². The molecule has 6 heteroatoms. The molecule has 0 aliphatic heterocycles. The Morgan fingerprint density at radius 2 is 1.90 bits per heavy atom. The van der Waals surface area contributed by atoms with E-state index in [1.807, 2.05) is 6.92 Å². The van der Waals surface area contributed by atoms with E-state index in [9.17, 15) is 0 Å². The third kappa shape index (κ3) is 12.2. The van der Waals surface area contributed by atoms with Crippen LogP contribution in [0.4, 0.5) is 0 Å². The average Bonchev–Trinajstić information content (AvgIpc) is 2.41. The molecule has 0 aromatic heterocycles. The van der Waals surface area contributed by atoms with Crippen molar-refractivity contribution in [3.05, 3.63) is 10.4 Å². The van der Waals surface area contributed by atoms with Crippen molar-refractivity contribution >= 4 is 0 Å². The third-order valence-electron chi connectivity index (χ3n) is 2.71. The maximum Gasteiger partial charge on any atom is 0.0704 e. The second-order valence-electron chi connectivity index (χ2n) is 5.21. The van der Waals surface area contributed by atoms with Crippen molar-refractivity contribution in [2.24, 2.45) is 11.0 Å². The summed E-state index contributed by atoms with van der Waals surface area (Å²) in [4.78, 5) is 2.77. The highest BCUT2D eigenvalue weighted by Crippen LogP contribution is 2.11. The Morgan fingerprint density at radius 3 is 2.50 bits per heavy atom. The van der Waals surface area contributed by atoms with Crippen molar-refractivity contribution in [3.63, 3.8) is 0 Å². The molecule has 0 saturated heterocycles. The van der Waals surface area contributed by atoms with Gasteiger partial charge in [0.2, 0.25) is 0 Å². The quantitative estimate of drug-likeness (QED) is 0.225. The number of hydrogen-bond donors (Lipinski definition) is 0. The lowest BCUT2D eigenvalue weighted by Gasteiger charge is -2.22. The highest BCUT2D eigenvalue weighted by Gasteiger charge is 2.14. The Bertz CT molecular complexity index is 268. The lowest BCUT2D eigenvalue weighted by molar-refractivity contribution is -0.0350. The first-order valence-corrected chi connectivity index (χ1v) is 7.41. The molecule has 0 rings (SSSR count). The van der Waals surface area contributed by atoms with Gasteiger partial charge in [0.25, 0.3) is 0 Å². The van der Waals surface area contributed by atoms with E-state index in [4.69, 9.17) is 19.7 Å². The van der Waals surface area contributed by atoms with Crippen LogP contribution in [0.15, 0.2) is 5.11 Å². The van der Waals surface area contributed by atoms with E-state index < -0.39 is 0 Å². The van der Waals surface area contributed by atoms with Gasteiger partial charge in [0.15, 0.2) is 0 Å². The molecule has 0 bridgehead atoms. The summed E-state index contributed by atoms with van der Waals surface area (Å²) in [6, 6.07) is 0. The first-order chi connectivity index (χ1) is 9.60. The van der Waals surface area contributed by atoms with Crippen molar-refractivity contribution in [1.82, 2.24) is 0 Å². The van der Waals surface area contributed by atoms with E-state index in [2.05, 4.69) is 30.8 Å². The van der Waals surface area contributed by atoms with Crippen LogP contribution in [-0.4, -0.2) is 45.2 Å². The van der Waals surface area contributed by atoms with E-state index in [1.54, 1.807) is 0 Å². The minimum atomic E-state index is 0.0446. The molecule has 0 heterocycles. The second kappa shape index (κ2) is 13.2. The second-order valence-corrected chi connectivity index (χ2v) is 5.21. The van der Waals surface area contributed by atoms with Crippen molar-refractivity contribution in [2.45, 2.75) is 52.7 Å². The van der Waals surface area contributed by atoms with Crippen molar-refractivity contribution in [1.29, 1.82) is 0 Å². The van der Waals surface area contributed by atoms with Gasteiger partial charge in [0.1, 0.15) is 0 Å². The first kappa shape index (κ1) is 19.2. The predicted octanol–water partition coefficient (Wildman–Crippen LogP) is 3.56. The van der Waals surface area contributed by atoms with Crippen LogP contribution in [0.5, 0.6) is 0 Å². The largest absolute Gasteiger partial charge is 0.379 e. The SMILES string of the molecule is CCOCCOC(CCN=[N+]=[N-])CC(C)OCC(C)C. The molecule has 118 valence electrons. The number of hydrogen-bond acceptors (Lipinski definition) is 4. The summed E-state index contributed by atoms with van der Waals surface area (Å²) >= 11 is 0. The van der Waals surface area contributed by atoms with Gasteiger partial charge in [-0.15, -0.1) is 0 Å². The smallest absolute Gasteiger partial charge is 0.0704 e. The van der Waals surface area contributed by atoms with Gasteiger partial charge in [0, 0.05) is 24.7 Å². The van der Waals surface area contributed by atoms with Gasteiger partial charge in [-0.1, -0.05) is 19.0 Å². The lowest BCUT2D eigenvalue weighted by atomic mass is 10.1. The summed E-state index contributed by atoms with van der Waals surface area (Å²) in [5.41, 5.74) is 8.33. The van der Waals surface area contributed by atoms with Gasteiger partial charge >= 0.3 is 0 Å². The van der Waals surface area contributed by atoms with Crippen LogP contribution in [0.3, 0.4) is 0 Å². The Balaban J connectivity index is 4.03. The summed E-state index contributed by atoms with van der Waals surface area (Å²) in [6.45, 7) is 11.3. The Morgan fingerprint density at radius 1 is 1.15 bits per heavy atom. The number of azide groups is 1. The monoisotopic (exact) mass is 287 g/mol. The first-order valence-electron chi connectivity index (χ1n) is 7.41. The fourth-order valence-electron chi connectivity index (χ4n) is 1.73. The van der Waals surface area contributed by atoms with Crippen LogP contribution in [-0.2, 0) is 14.2 Å². The highest BCUT2D eigenvalue weighted by atomic mass is 16.5. The van der Waals surface area contributed by atoms with Crippen LogP contribution in [0.2, 0.25) is 0 Å². The molecule has 0 radical (unpaired) electrons. The summed E-state index contributed by atoms with van der Waals surface area (Å²) < 4.78 is 16.8. The average molecular weight is 287 g/mol. The predicted molar refractivity (Wildman–Crippen MR) is 79.7 cm³/mol. The maximum absolute atomic E-state index is 8.33. The fraction of sp³-hybridized carbons (Fsp3) is 1.00. The molecule has 0 N–H and O–H groups in total. The molecule has 0 spiro atoms. The molecule has 2 atom stereocenters. The zero-order valence-corrected chi connectivity index (χ0v) is 13.2. The normalized spacial score (nSPS) is 14.1. The molecule has 0 aliphatic carbocycles. The van der Waals surface area contributed by atoms with Gasteiger partial charge in [-0.2, -0.15) is 0 Å². The molecule has 0 amide bonds. The van der Waals surface area contributed by atoms with Crippen molar-refractivity contribution in [2.75, 3.05) is 33.0 Å². The van der Waals surface area contributed by atoms with E-state index in [-0.39, 0.29) is 12.2 Å². The minimum Gasteiger partial charge on any atom is -0.379 e. The van der Waals surface area contributed by atoms with Crippen LogP contribution in [0, 0.1) is 5.92 Å². The van der Waals surface area contributed by atoms with E-state index in [0.29, 0.717) is 38.7 Å². The highest BCUT2D eigenvalue weighted by molar-refractivity contribution is 4.66. The number of ether oxygens (including phenoxy) is 3. The van der Waals surface area contributed by atoms with Crippen LogP contribution in [0.1, 0.15) is 40.5 Å².